The van der Waals surface area contributed by atoms with Crippen molar-refractivity contribution in [2.24, 2.45) is 0 Å². The molecule has 0 aliphatic heterocycles. The second-order valence-electron chi connectivity index (χ2n) is 7.97. The van der Waals surface area contributed by atoms with Gasteiger partial charge in [0.1, 0.15) is 11.6 Å². The van der Waals surface area contributed by atoms with E-state index < -0.39 is 23.8 Å². The quantitative estimate of drug-likeness (QED) is 0.638. The number of nitrogens with one attached hydrogen (secondary N) is 2. The van der Waals surface area contributed by atoms with Crippen LogP contribution in [0.4, 0.5) is 4.79 Å². The van der Waals surface area contributed by atoms with Gasteiger partial charge in [-0.2, -0.15) is 0 Å². The number of alkyl carbamates (subject to hydrolysis) is 1. The van der Waals surface area contributed by atoms with Gasteiger partial charge in [-0.3, -0.25) is 4.79 Å². The summed E-state index contributed by atoms with van der Waals surface area (Å²) in [5, 5.41) is 15.2. The Kier molecular flexibility index (Phi) is 8.21. The van der Waals surface area contributed by atoms with Crippen molar-refractivity contribution in [2.75, 3.05) is 6.61 Å². The molecule has 2 aromatic rings. The number of carbonyl (C=O) groups is 2. The van der Waals surface area contributed by atoms with Crippen molar-refractivity contribution in [3.63, 3.8) is 0 Å². The summed E-state index contributed by atoms with van der Waals surface area (Å²) in [6, 6.07) is 17.8. The molecule has 6 nitrogen and oxygen atoms in total. The zero-order valence-corrected chi connectivity index (χ0v) is 17.2. The van der Waals surface area contributed by atoms with Crippen molar-refractivity contribution in [3.05, 3.63) is 71.8 Å². The lowest BCUT2D eigenvalue weighted by Gasteiger charge is -2.25. The van der Waals surface area contributed by atoms with Crippen LogP contribution in [0, 0.1) is 0 Å². The minimum Gasteiger partial charge on any atom is -0.444 e. The number of aliphatic hydroxyl groups is 1. The Hall–Kier alpha value is -2.86. The predicted molar refractivity (Wildman–Crippen MR) is 112 cm³/mol. The van der Waals surface area contributed by atoms with Crippen LogP contribution in [-0.4, -0.2) is 41.4 Å². The first-order valence-electron chi connectivity index (χ1n) is 9.75. The smallest absolute Gasteiger partial charge is 0.408 e. The summed E-state index contributed by atoms with van der Waals surface area (Å²) in [5.74, 6) is -0.366. The van der Waals surface area contributed by atoms with Crippen LogP contribution in [0.5, 0.6) is 0 Å². The molecule has 2 rings (SSSR count). The monoisotopic (exact) mass is 398 g/mol. The summed E-state index contributed by atoms with van der Waals surface area (Å²) in [6.07, 6.45) is 0.153. The molecule has 0 saturated carbocycles. The van der Waals surface area contributed by atoms with E-state index in [0.717, 1.165) is 11.1 Å². The van der Waals surface area contributed by atoms with E-state index in [1.54, 1.807) is 20.8 Å². The maximum Gasteiger partial charge on any atom is 0.408 e. The van der Waals surface area contributed by atoms with Crippen molar-refractivity contribution in [1.29, 1.82) is 0 Å². The maximum atomic E-state index is 12.9. The Balaban J connectivity index is 2.08. The number of hydrogen-bond acceptors (Lipinski definition) is 4. The molecule has 0 radical (unpaired) electrons. The van der Waals surface area contributed by atoms with E-state index in [0.29, 0.717) is 12.8 Å². The third kappa shape index (κ3) is 8.35. The highest BCUT2D eigenvalue weighted by atomic mass is 16.6. The zero-order valence-electron chi connectivity index (χ0n) is 17.2. The first kappa shape index (κ1) is 22.4. The molecule has 2 amide bonds. The fourth-order valence-corrected chi connectivity index (χ4v) is 2.87. The summed E-state index contributed by atoms with van der Waals surface area (Å²) in [4.78, 5) is 25.2. The van der Waals surface area contributed by atoms with Gasteiger partial charge in [0.2, 0.25) is 5.91 Å². The lowest BCUT2D eigenvalue weighted by molar-refractivity contribution is -0.124. The molecule has 0 spiro atoms. The number of aliphatic hydroxyl groups excluding tert-OH is 1. The van der Waals surface area contributed by atoms with Gasteiger partial charge in [0.15, 0.2) is 0 Å². The lowest BCUT2D eigenvalue weighted by Crippen LogP contribution is -2.52. The van der Waals surface area contributed by atoms with Crippen molar-refractivity contribution in [3.8, 4) is 0 Å². The average Bonchev–Trinajstić information content (AvgIpc) is 2.67. The lowest BCUT2D eigenvalue weighted by atomic mass is 10.0. The van der Waals surface area contributed by atoms with Gasteiger partial charge < -0.3 is 20.5 Å². The molecule has 0 saturated heterocycles. The number of rotatable bonds is 8. The molecule has 0 aliphatic carbocycles. The van der Waals surface area contributed by atoms with Crippen LogP contribution < -0.4 is 10.6 Å². The van der Waals surface area contributed by atoms with Crippen molar-refractivity contribution < 1.29 is 19.4 Å². The first-order chi connectivity index (χ1) is 13.8. The fraction of sp³-hybridized carbons (Fsp3) is 0.391. The molecule has 3 N–H and O–H groups in total. The molecule has 6 heteroatoms. The molecule has 0 unspecified atom stereocenters. The van der Waals surface area contributed by atoms with Gasteiger partial charge in [-0.25, -0.2) is 4.79 Å². The number of carbonyl (C=O) groups excluding carboxylic acids is 2. The van der Waals surface area contributed by atoms with Gasteiger partial charge >= 0.3 is 6.09 Å². The van der Waals surface area contributed by atoms with E-state index in [2.05, 4.69) is 10.6 Å². The minimum atomic E-state index is -0.822. The van der Waals surface area contributed by atoms with Crippen LogP contribution in [-0.2, 0) is 22.4 Å². The molecule has 0 fully saturated rings. The number of amides is 2. The van der Waals surface area contributed by atoms with Crippen molar-refractivity contribution >= 4 is 12.0 Å². The van der Waals surface area contributed by atoms with Crippen molar-refractivity contribution in [1.82, 2.24) is 10.6 Å². The Morgan fingerprint density at radius 2 is 1.41 bits per heavy atom. The van der Waals surface area contributed by atoms with Gasteiger partial charge in [-0.15, -0.1) is 0 Å². The normalized spacial score (nSPS) is 13.2. The first-order valence-corrected chi connectivity index (χ1v) is 9.75. The van der Waals surface area contributed by atoms with Gasteiger partial charge in [0.25, 0.3) is 0 Å². The number of benzene rings is 2. The van der Waals surface area contributed by atoms with E-state index >= 15 is 0 Å². The Morgan fingerprint density at radius 1 is 0.897 bits per heavy atom. The van der Waals surface area contributed by atoms with Crippen LogP contribution in [0.2, 0.25) is 0 Å². The summed E-state index contributed by atoms with van der Waals surface area (Å²) >= 11 is 0. The van der Waals surface area contributed by atoms with E-state index in [-0.39, 0.29) is 12.5 Å². The van der Waals surface area contributed by atoms with Gasteiger partial charge in [0.05, 0.1) is 12.6 Å². The number of ether oxygens (including phenoxy) is 1. The third-order valence-corrected chi connectivity index (χ3v) is 4.18. The summed E-state index contributed by atoms with van der Waals surface area (Å²) < 4.78 is 5.30. The Labute approximate surface area is 172 Å². The predicted octanol–water partition coefficient (Wildman–Crippen LogP) is 2.84. The summed E-state index contributed by atoms with van der Waals surface area (Å²) in [6.45, 7) is 5.09. The van der Waals surface area contributed by atoms with E-state index in [9.17, 15) is 14.7 Å². The highest BCUT2D eigenvalue weighted by Gasteiger charge is 2.26. The standard InChI is InChI=1S/C23H30N2O4/c1-23(2,3)29-22(28)25-20(15-18-12-8-5-9-13-18)21(27)24-19(16-26)14-17-10-6-4-7-11-17/h4-13,19-20,26H,14-16H2,1-3H3,(H,24,27)(H,25,28)/t19-,20+/m1/s1. The van der Waals surface area contributed by atoms with Crippen LogP contribution in [0.25, 0.3) is 0 Å². The van der Waals surface area contributed by atoms with Gasteiger partial charge in [0, 0.05) is 6.42 Å². The fourth-order valence-electron chi connectivity index (χ4n) is 2.87. The van der Waals surface area contributed by atoms with Crippen molar-refractivity contribution in [2.45, 2.75) is 51.3 Å². The Bertz CT molecular complexity index is 772. The molecular formula is C23H30N2O4. The van der Waals surface area contributed by atoms with Crippen LogP contribution >= 0.6 is 0 Å². The van der Waals surface area contributed by atoms with Gasteiger partial charge in [-0.1, -0.05) is 60.7 Å². The maximum absolute atomic E-state index is 12.9. The minimum absolute atomic E-state index is 0.203. The molecule has 156 valence electrons. The molecule has 2 atom stereocenters. The summed E-state index contributed by atoms with van der Waals surface area (Å²) in [5.41, 5.74) is 1.25. The molecular weight excluding hydrogens is 368 g/mol. The van der Waals surface area contributed by atoms with E-state index in [1.807, 2.05) is 60.7 Å². The largest absolute Gasteiger partial charge is 0.444 e. The number of hydrogen-bond donors (Lipinski definition) is 3. The molecule has 2 aromatic carbocycles. The van der Waals surface area contributed by atoms with E-state index in [1.165, 1.54) is 0 Å². The molecule has 0 bridgehead atoms. The zero-order chi connectivity index (χ0) is 21.3. The van der Waals surface area contributed by atoms with Gasteiger partial charge in [-0.05, 0) is 38.3 Å². The average molecular weight is 399 g/mol. The molecule has 0 heterocycles. The highest BCUT2D eigenvalue weighted by Crippen LogP contribution is 2.09. The van der Waals surface area contributed by atoms with E-state index in [4.69, 9.17) is 4.74 Å². The topological polar surface area (TPSA) is 87.7 Å². The van der Waals surface area contributed by atoms with Crippen LogP contribution in [0.3, 0.4) is 0 Å². The Morgan fingerprint density at radius 3 is 1.90 bits per heavy atom. The molecule has 0 aromatic heterocycles. The summed E-state index contributed by atoms with van der Waals surface area (Å²) in [7, 11) is 0. The SMILES string of the molecule is CC(C)(C)OC(=O)N[C@@H](Cc1ccccc1)C(=O)N[C@@H](CO)Cc1ccccc1. The second-order valence-corrected chi connectivity index (χ2v) is 7.97. The van der Waals surface area contributed by atoms with Crippen LogP contribution in [0.15, 0.2) is 60.7 Å². The second kappa shape index (κ2) is 10.6. The third-order valence-electron chi connectivity index (χ3n) is 4.18. The highest BCUT2D eigenvalue weighted by molar-refractivity contribution is 5.86. The molecule has 29 heavy (non-hydrogen) atoms. The van der Waals surface area contributed by atoms with Crippen LogP contribution in [0.1, 0.15) is 31.9 Å². The molecule has 0 aliphatic rings.